The number of amides is 1. The van der Waals surface area contributed by atoms with Gasteiger partial charge in [0.05, 0.1) is 0 Å². The van der Waals surface area contributed by atoms with Crippen LogP contribution in [0.2, 0.25) is 0 Å². The zero-order valence-corrected chi connectivity index (χ0v) is 15.9. The predicted octanol–water partition coefficient (Wildman–Crippen LogP) is 3.97. The lowest BCUT2D eigenvalue weighted by molar-refractivity contribution is -0.116. The van der Waals surface area contributed by atoms with Gasteiger partial charge >= 0.3 is 0 Å². The van der Waals surface area contributed by atoms with Crippen molar-refractivity contribution in [2.45, 2.75) is 63.6 Å². The molecule has 0 aliphatic carbocycles. The van der Waals surface area contributed by atoms with Crippen molar-refractivity contribution in [3.63, 3.8) is 0 Å². The Labute approximate surface area is 164 Å². The summed E-state index contributed by atoms with van der Waals surface area (Å²) < 4.78 is 2.21. The first-order valence-electron chi connectivity index (χ1n) is 9.89. The van der Waals surface area contributed by atoms with Crippen LogP contribution in [0, 0.1) is 12.3 Å². The number of hydrogen-bond donors (Lipinski definition) is 1. The molecule has 4 rings (SSSR count). The van der Waals surface area contributed by atoms with Crippen molar-refractivity contribution < 1.29 is 4.79 Å². The number of benzene rings is 1. The molecule has 28 heavy (non-hydrogen) atoms. The number of nitrogens with zero attached hydrogens (tertiary/aromatic N) is 5. The fourth-order valence-corrected chi connectivity index (χ4v) is 3.64. The van der Waals surface area contributed by atoms with Crippen LogP contribution in [0.3, 0.4) is 0 Å². The van der Waals surface area contributed by atoms with Gasteiger partial charge in [0.15, 0.2) is 11.5 Å². The standard InChI is InChI=1S/C21H24N6O/c1-2-3-12-21(25-26-21)13-11-19(28)22-17-9-7-8-16(15-17)20-24-23-18-10-5-4-6-14-27(18)20/h1,7-9,15H,3-6,10-14H2,(H,22,28). The number of carbonyl (C=O) groups is 1. The Hall–Kier alpha value is -3.01. The van der Waals surface area contributed by atoms with Gasteiger partial charge in [0.2, 0.25) is 5.91 Å². The van der Waals surface area contributed by atoms with E-state index in [-0.39, 0.29) is 5.91 Å². The van der Waals surface area contributed by atoms with Crippen molar-refractivity contribution in [1.29, 1.82) is 0 Å². The van der Waals surface area contributed by atoms with E-state index < -0.39 is 5.66 Å². The molecule has 3 heterocycles. The maximum Gasteiger partial charge on any atom is 0.224 e. The van der Waals surface area contributed by atoms with Gasteiger partial charge in [-0.3, -0.25) is 4.79 Å². The van der Waals surface area contributed by atoms with Gasteiger partial charge in [-0.15, -0.1) is 22.5 Å². The molecule has 2 aliphatic heterocycles. The van der Waals surface area contributed by atoms with Crippen molar-refractivity contribution in [1.82, 2.24) is 14.8 Å². The number of terminal acetylenes is 1. The molecule has 0 atom stereocenters. The van der Waals surface area contributed by atoms with E-state index in [1.54, 1.807) is 0 Å². The molecule has 7 heteroatoms. The average Bonchev–Trinajstić information content (AvgIpc) is 3.43. The maximum absolute atomic E-state index is 12.4. The number of fused-ring (bicyclic) bond motifs is 1. The third kappa shape index (κ3) is 4.11. The minimum Gasteiger partial charge on any atom is -0.326 e. The summed E-state index contributed by atoms with van der Waals surface area (Å²) in [5.41, 5.74) is 1.30. The predicted molar refractivity (Wildman–Crippen MR) is 107 cm³/mol. The van der Waals surface area contributed by atoms with Crippen molar-refractivity contribution >= 4 is 11.6 Å². The van der Waals surface area contributed by atoms with Gasteiger partial charge in [-0.2, -0.15) is 10.2 Å². The van der Waals surface area contributed by atoms with Crippen LogP contribution in [-0.4, -0.2) is 26.3 Å². The number of nitrogens with one attached hydrogen (secondary N) is 1. The summed E-state index contributed by atoms with van der Waals surface area (Å²) in [5, 5.41) is 19.9. The molecule has 1 amide bonds. The number of hydrogen-bond acceptors (Lipinski definition) is 5. The normalized spacial score (nSPS) is 16.7. The van der Waals surface area contributed by atoms with Crippen molar-refractivity contribution in [3.05, 3.63) is 30.1 Å². The van der Waals surface area contributed by atoms with E-state index in [0.717, 1.165) is 48.7 Å². The summed E-state index contributed by atoms with van der Waals surface area (Å²) in [6.45, 7) is 0.945. The van der Waals surface area contributed by atoms with Crippen LogP contribution in [0.4, 0.5) is 5.69 Å². The zero-order chi connectivity index (χ0) is 19.4. The third-order valence-electron chi connectivity index (χ3n) is 5.32. The lowest BCUT2D eigenvalue weighted by atomic mass is 10.0. The lowest BCUT2D eigenvalue weighted by Gasteiger charge is -2.11. The molecule has 1 aromatic heterocycles. The Bertz CT molecular complexity index is 933. The Morgan fingerprint density at radius 3 is 2.93 bits per heavy atom. The summed E-state index contributed by atoms with van der Waals surface area (Å²) in [4.78, 5) is 12.4. The van der Waals surface area contributed by atoms with E-state index in [1.165, 1.54) is 6.42 Å². The molecule has 7 nitrogen and oxygen atoms in total. The SMILES string of the molecule is C#CCCC1(CCC(=O)Nc2cccc(-c3nnc4n3CCCCC4)c2)N=N1. The molecule has 0 radical (unpaired) electrons. The van der Waals surface area contributed by atoms with E-state index in [4.69, 9.17) is 6.42 Å². The zero-order valence-electron chi connectivity index (χ0n) is 15.9. The Morgan fingerprint density at radius 1 is 1.21 bits per heavy atom. The number of aromatic nitrogens is 3. The van der Waals surface area contributed by atoms with Gasteiger partial charge in [-0.25, -0.2) is 0 Å². The first-order valence-corrected chi connectivity index (χ1v) is 9.89. The van der Waals surface area contributed by atoms with Crippen LogP contribution in [0.15, 0.2) is 34.5 Å². The van der Waals surface area contributed by atoms with E-state index >= 15 is 0 Å². The van der Waals surface area contributed by atoms with Gasteiger partial charge in [-0.1, -0.05) is 18.6 Å². The molecular weight excluding hydrogens is 352 g/mol. The minimum atomic E-state index is -0.426. The van der Waals surface area contributed by atoms with Crippen LogP contribution >= 0.6 is 0 Å². The van der Waals surface area contributed by atoms with Crippen molar-refractivity contribution in [3.8, 4) is 23.7 Å². The molecule has 0 unspecified atom stereocenters. The molecule has 0 bridgehead atoms. The summed E-state index contributed by atoms with van der Waals surface area (Å²) in [6.07, 6.45) is 12.1. The second kappa shape index (κ2) is 7.93. The van der Waals surface area contributed by atoms with Crippen LogP contribution in [-0.2, 0) is 17.8 Å². The molecular formula is C21H24N6O. The molecule has 0 fully saturated rings. The fourth-order valence-electron chi connectivity index (χ4n) is 3.64. The monoisotopic (exact) mass is 376 g/mol. The number of carbonyl (C=O) groups excluding carboxylic acids is 1. The van der Waals surface area contributed by atoms with E-state index in [0.29, 0.717) is 25.7 Å². The molecule has 1 N–H and O–H groups in total. The smallest absolute Gasteiger partial charge is 0.224 e. The van der Waals surface area contributed by atoms with Gasteiger partial charge in [-0.05, 0) is 25.0 Å². The first-order chi connectivity index (χ1) is 13.7. The Kier molecular flexibility index (Phi) is 5.20. The van der Waals surface area contributed by atoms with Gasteiger partial charge < -0.3 is 9.88 Å². The fraction of sp³-hybridized carbons (Fsp3) is 0.476. The van der Waals surface area contributed by atoms with Gasteiger partial charge in [0.1, 0.15) is 5.82 Å². The van der Waals surface area contributed by atoms with Crippen LogP contribution < -0.4 is 5.32 Å². The topological polar surface area (TPSA) is 84.5 Å². The molecule has 144 valence electrons. The maximum atomic E-state index is 12.4. The number of aryl methyl sites for hydroxylation is 1. The third-order valence-corrected chi connectivity index (χ3v) is 5.32. The average molecular weight is 376 g/mol. The van der Waals surface area contributed by atoms with E-state index in [1.807, 2.05) is 24.3 Å². The molecule has 0 saturated carbocycles. The van der Waals surface area contributed by atoms with Gasteiger partial charge in [0.25, 0.3) is 0 Å². The molecule has 1 aromatic carbocycles. The van der Waals surface area contributed by atoms with Gasteiger partial charge in [0, 0.05) is 49.9 Å². The van der Waals surface area contributed by atoms with E-state index in [2.05, 4.69) is 36.2 Å². The lowest BCUT2D eigenvalue weighted by Crippen LogP contribution is -2.17. The second-order valence-corrected chi connectivity index (χ2v) is 7.42. The summed E-state index contributed by atoms with van der Waals surface area (Å²) >= 11 is 0. The largest absolute Gasteiger partial charge is 0.326 e. The van der Waals surface area contributed by atoms with Crippen LogP contribution in [0.25, 0.3) is 11.4 Å². The van der Waals surface area contributed by atoms with Crippen molar-refractivity contribution in [2.24, 2.45) is 10.2 Å². The summed E-state index contributed by atoms with van der Waals surface area (Å²) in [7, 11) is 0. The molecule has 0 saturated heterocycles. The molecule has 2 aromatic rings. The quantitative estimate of drug-likeness (QED) is 0.742. The van der Waals surface area contributed by atoms with E-state index in [9.17, 15) is 4.79 Å². The van der Waals surface area contributed by atoms with Crippen molar-refractivity contribution in [2.75, 3.05) is 5.32 Å². The number of rotatable bonds is 7. The molecule has 0 spiro atoms. The summed E-state index contributed by atoms with van der Waals surface area (Å²) in [6, 6.07) is 7.79. The highest BCUT2D eigenvalue weighted by atomic mass is 16.1. The van der Waals surface area contributed by atoms with Crippen LogP contribution in [0.1, 0.15) is 50.8 Å². The minimum absolute atomic E-state index is 0.0467. The number of anilines is 1. The highest BCUT2D eigenvalue weighted by molar-refractivity contribution is 5.91. The Morgan fingerprint density at radius 2 is 2.11 bits per heavy atom. The van der Waals surface area contributed by atoms with Crippen LogP contribution in [0.5, 0.6) is 0 Å². The Balaban J connectivity index is 1.40. The highest BCUT2D eigenvalue weighted by Crippen LogP contribution is 2.37. The second-order valence-electron chi connectivity index (χ2n) is 7.42. The highest BCUT2D eigenvalue weighted by Gasteiger charge is 2.39. The molecule has 2 aliphatic rings. The summed E-state index contributed by atoms with van der Waals surface area (Å²) in [5.74, 6) is 4.48. The first kappa shape index (κ1) is 18.4.